The molecule has 1 heterocycles. The van der Waals surface area contributed by atoms with E-state index in [9.17, 15) is 24.3 Å². The number of amides is 3. The van der Waals surface area contributed by atoms with Crippen LogP contribution < -0.4 is 10.2 Å². The average Bonchev–Trinajstić information content (AvgIpc) is 2.88. The van der Waals surface area contributed by atoms with Crippen LogP contribution in [0.15, 0.2) is 48.5 Å². The normalized spacial score (nSPS) is 16.5. The summed E-state index contributed by atoms with van der Waals surface area (Å²) in [5.74, 6) is -2.16. The third-order valence-electron chi connectivity index (χ3n) is 3.99. The standard InChI is InChI=1S/C19H16N2O5S/c1-11-7-8-13(18(24)25)14(9-11)20-16(22)10-15-17(23)21(19(26)27-15)12-5-3-2-4-6-12/h2-9,15H,10H2,1H3,(H,20,22)(H,24,25). The van der Waals surface area contributed by atoms with Gasteiger partial charge in [-0.1, -0.05) is 24.3 Å². The number of aryl methyl sites for hydroxylation is 1. The molecule has 0 aromatic heterocycles. The van der Waals surface area contributed by atoms with Crippen molar-refractivity contribution in [3.8, 4) is 0 Å². The second kappa shape index (κ2) is 7.63. The molecule has 2 aromatic rings. The zero-order valence-electron chi connectivity index (χ0n) is 14.3. The van der Waals surface area contributed by atoms with Crippen LogP contribution in [0, 0.1) is 6.92 Å². The maximum atomic E-state index is 12.5. The number of carbonyl (C=O) groups is 4. The highest BCUT2D eigenvalue weighted by atomic mass is 32.2. The topological polar surface area (TPSA) is 104 Å². The molecular formula is C19H16N2O5S. The lowest BCUT2D eigenvalue weighted by Gasteiger charge is -2.14. The van der Waals surface area contributed by atoms with E-state index in [1.54, 1.807) is 49.4 Å². The minimum atomic E-state index is -1.16. The third-order valence-corrected chi connectivity index (χ3v) is 5.02. The number of nitrogens with zero attached hydrogens (tertiary/aromatic N) is 1. The first kappa shape index (κ1) is 18.7. The molecule has 0 radical (unpaired) electrons. The molecule has 1 unspecified atom stereocenters. The lowest BCUT2D eigenvalue weighted by molar-refractivity contribution is -0.121. The highest BCUT2D eigenvalue weighted by Crippen LogP contribution is 2.33. The Hall–Kier alpha value is -3.13. The van der Waals surface area contributed by atoms with Crippen molar-refractivity contribution >= 4 is 46.2 Å². The second-order valence-electron chi connectivity index (χ2n) is 5.99. The summed E-state index contributed by atoms with van der Waals surface area (Å²) in [6.45, 7) is 1.77. The molecule has 27 heavy (non-hydrogen) atoms. The Morgan fingerprint density at radius 2 is 1.85 bits per heavy atom. The maximum Gasteiger partial charge on any atom is 0.337 e. The number of hydrogen-bond acceptors (Lipinski definition) is 5. The molecule has 2 aromatic carbocycles. The fourth-order valence-corrected chi connectivity index (χ4v) is 3.70. The van der Waals surface area contributed by atoms with Gasteiger partial charge < -0.3 is 10.4 Å². The van der Waals surface area contributed by atoms with Gasteiger partial charge in [0.05, 0.1) is 16.9 Å². The zero-order valence-corrected chi connectivity index (χ0v) is 15.2. The van der Waals surface area contributed by atoms with E-state index in [-0.39, 0.29) is 17.7 Å². The summed E-state index contributed by atoms with van der Waals surface area (Å²) in [6.07, 6.45) is -0.231. The van der Waals surface area contributed by atoms with E-state index in [1.165, 1.54) is 6.07 Å². The smallest absolute Gasteiger partial charge is 0.337 e. The Balaban J connectivity index is 1.72. The molecule has 0 saturated carbocycles. The Bertz CT molecular complexity index is 929. The van der Waals surface area contributed by atoms with Gasteiger partial charge in [-0.25, -0.2) is 9.69 Å². The van der Waals surface area contributed by atoms with E-state index in [1.807, 2.05) is 0 Å². The first-order valence-corrected chi connectivity index (χ1v) is 8.98. The minimum Gasteiger partial charge on any atom is -0.478 e. The number of thioether (sulfide) groups is 1. The van der Waals surface area contributed by atoms with Crippen molar-refractivity contribution in [2.75, 3.05) is 10.2 Å². The van der Waals surface area contributed by atoms with Crippen molar-refractivity contribution in [2.45, 2.75) is 18.6 Å². The Morgan fingerprint density at radius 1 is 1.15 bits per heavy atom. The van der Waals surface area contributed by atoms with Crippen molar-refractivity contribution < 1.29 is 24.3 Å². The summed E-state index contributed by atoms with van der Waals surface area (Å²) in [5.41, 5.74) is 1.36. The van der Waals surface area contributed by atoms with Gasteiger partial charge in [-0.3, -0.25) is 14.4 Å². The molecule has 138 valence electrons. The summed E-state index contributed by atoms with van der Waals surface area (Å²) in [5, 5.41) is 10.5. The van der Waals surface area contributed by atoms with Crippen LogP contribution in [0.4, 0.5) is 16.2 Å². The monoisotopic (exact) mass is 384 g/mol. The number of anilines is 2. The molecule has 7 nitrogen and oxygen atoms in total. The number of carboxylic acids is 1. The summed E-state index contributed by atoms with van der Waals surface area (Å²) in [7, 11) is 0. The van der Waals surface area contributed by atoms with Crippen molar-refractivity contribution in [3.63, 3.8) is 0 Å². The minimum absolute atomic E-state index is 0.0404. The quantitative estimate of drug-likeness (QED) is 0.820. The lowest BCUT2D eigenvalue weighted by atomic mass is 10.1. The second-order valence-corrected chi connectivity index (χ2v) is 7.14. The van der Waals surface area contributed by atoms with Crippen LogP contribution in [0.1, 0.15) is 22.3 Å². The molecule has 0 bridgehead atoms. The summed E-state index contributed by atoms with van der Waals surface area (Å²) in [4.78, 5) is 49.4. The highest BCUT2D eigenvalue weighted by molar-refractivity contribution is 8.15. The van der Waals surface area contributed by atoms with E-state index >= 15 is 0 Å². The van der Waals surface area contributed by atoms with Crippen LogP contribution in [0.5, 0.6) is 0 Å². The molecule has 1 aliphatic rings. The maximum absolute atomic E-state index is 12.5. The molecule has 0 aliphatic carbocycles. The van der Waals surface area contributed by atoms with E-state index in [4.69, 9.17) is 0 Å². The molecule has 1 aliphatic heterocycles. The molecule has 0 spiro atoms. The first-order chi connectivity index (χ1) is 12.9. The van der Waals surface area contributed by atoms with Gasteiger partial charge in [0.1, 0.15) is 5.25 Å². The van der Waals surface area contributed by atoms with Gasteiger partial charge in [-0.2, -0.15) is 0 Å². The average molecular weight is 384 g/mol. The van der Waals surface area contributed by atoms with Gasteiger partial charge in [0.25, 0.3) is 5.24 Å². The molecule has 2 N–H and O–H groups in total. The van der Waals surface area contributed by atoms with E-state index in [0.29, 0.717) is 5.69 Å². The van der Waals surface area contributed by atoms with Crippen molar-refractivity contribution in [3.05, 3.63) is 59.7 Å². The summed E-state index contributed by atoms with van der Waals surface area (Å²) >= 11 is 0.789. The predicted molar refractivity (Wildman–Crippen MR) is 102 cm³/mol. The van der Waals surface area contributed by atoms with Gasteiger partial charge >= 0.3 is 5.97 Å². The number of nitrogens with one attached hydrogen (secondary N) is 1. The number of carbonyl (C=O) groups excluding carboxylic acids is 3. The number of carboxylic acid groups (broad SMARTS) is 1. The number of aromatic carboxylic acids is 1. The molecular weight excluding hydrogens is 368 g/mol. The van der Waals surface area contributed by atoms with Crippen LogP contribution in [0.2, 0.25) is 0 Å². The number of benzene rings is 2. The van der Waals surface area contributed by atoms with Crippen LogP contribution in [0.25, 0.3) is 0 Å². The van der Waals surface area contributed by atoms with Crippen LogP contribution >= 0.6 is 11.8 Å². The van der Waals surface area contributed by atoms with Crippen LogP contribution in [-0.2, 0) is 9.59 Å². The van der Waals surface area contributed by atoms with Gasteiger partial charge in [-0.05, 0) is 48.5 Å². The SMILES string of the molecule is Cc1ccc(C(=O)O)c(NC(=O)CC2SC(=O)N(c3ccccc3)C2=O)c1. The molecule has 1 saturated heterocycles. The zero-order chi connectivity index (χ0) is 19.6. The lowest BCUT2D eigenvalue weighted by Crippen LogP contribution is -2.33. The van der Waals surface area contributed by atoms with Gasteiger partial charge in [0, 0.05) is 6.42 Å². The fourth-order valence-electron chi connectivity index (χ4n) is 2.72. The van der Waals surface area contributed by atoms with E-state index in [2.05, 4.69) is 5.32 Å². The highest BCUT2D eigenvalue weighted by Gasteiger charge is 2.41. The largest absolute Gasteiger partial charge is 0.478 e. The Morgan fingerprint density at radius 3 is 2.52 bits per heavy atom. The Kier molecular flexibility index (Phi) is 5.27. The van der Waals surface area contributed by atoms with Gasteiger partial charge in [-0.15, -0.1) is 0 Å². The third kappa shape index (κ3) is 4.01. The molecule has 3 amide bonds. The van der Waals surface area contributed by atoms with E-state index in [0.717, 1.165) is 22.2 Å². The van der Waals surface area contributed by atoms with Crippen LogP contribution in [0.3, 0.4) is 0 Å². The van der Waals surface area contributed by atoms with Crippen molar-refractivity contribution in [2.24, 2.45) is 0 Å². The number of hydrogen-bond donors (Lipinski definition) is 2. The fraction of sp³-hybridized carbons (Fsp3) is 0.158. The predicted octanol–water partition coefficient (Wildman–Crippen LogP) is 3.29. The van der Waals surface area contributed by atoms with Crippen LogP contribution in [-0.4, -0.2) is 33.4 Å². The number of imide groups is 1. The van der Waals surface area contributed by atoms with Crippen molar-refractivity contribution in [1.82, 2.24) is 0 Å². The van der Waals surface area contributed by atoms with E-state index < -0.39 is 28.3 Å². The molecule has 3 rings (SSSR count). The molecule has 1 fully saturated rings. The van der Waals surface area contributed by atoms with Crippen molar-refractivity contribution in [1.29, 1.82) is 0 Å². The molecule has 8 heteroatoms. The summed E-state index contributed by atoms with van der Waals surface area (Å²) < 4.78 is 0. The first-order valence-electron chi connectivity index (χ1n) is 8.10. The molecule has 1 atom stereocenters. The van der Waals surface area contributed by atoms with Gasteiger partial charge in [0.2, 0.25) is 11.8 Å². The number of para-hydroxylation sites is 1. The number of rotatable bonds is 5. The van der Waals surface area contributed by atoms with Gasteiger partial charge in [0.15, 0.2) is 0 Å². The summed E-state index contributed by atoms with van der Waals surface area (Å²) in [6, 6.07) is 13.1. The Labute approximate surface area is 159 Å².